The Hall–Kier alpha value is -4.46. The zero-order valence-electron chi connectivity index (χ0n) is 22.9. The molecular weight excluding hydrogens is 581 g/mol. The van der Waals surface area contributed by atoms with E-state index in [0.29, 0.717) is 12.2 Å². The summed E-state index contributed by atoms with van der Waals surface area (Å²) in [6.45, 7) is 2.06. The molecule has 9 nitrogen and oxygen atoms in total. The highest BCUT2D eigenvalue weighted by molar-refractivity contribution is 6.05. The van der Waals surface area contributed by atoms with Gasteiger partial charge in [-0.1, -0.05) is 0 Å². The number of alkyl halides is 3. The lowest BCUT2D eigenvalue weighted by Gasteiger charge is -2.28. The van der Waals surface area contributed by atoms with Gasteiger partial charge >= 0.3 is 6.36 Å². The van der Waals surface area contributed by atoms with Crippen molar-refractivity contribution >= 4 is 17.5 Å². The number of anilines is 1. The largest absolute Gasteiger partial charge is 0.573 e. The van der Waals surface area contributed by atoms with Crippen molar-refractivity contribution in [3.05, 3.63) is 87.3 Å². The molecule has 43 heavy (non-hydrogen) atoms. The fourth-order valence-electron chi connectivity index (χ4n) is 5.19. The van der Waals surface area contributed by atoms with E-state index in [1.807, 2.05) is 0 Å². The van der Waals surface area contributed by atoms with Gasteiger partial charge in [-0.05, 0) is 49.2 Å². The van der Waals surface area contributed by atoms with Crippen LogP contribution < -0.4 is 25.2 Å². The molecule has 2 aliphatic rings. The molecule has 1 unspecified atom stereocenters. The van der Waals surface area contributed by atoms with Crippen molar-refractivity contribution in [2.75, 3.05) is 25.2 Å². The number of nitrogens with zero attached hydrogens (tertiary/aromatic N) is 2. The SMILES string of the molecule is COc1cc(F)c([C@@H]2CN(c3c(C)ccn(CC4CCO4)c3=O)C(=O)[C@H]2NC(=O)c2ccc(OC(F)(F)F)cc2)c(F)c1. The highest BCUT2D eigenvalue weighted by Gasteiger charge is 2.46. The third-order valence-electron chi connectivity index (χ3n) is 7.41. The van der Waals surface area contributed by atoms with E-state index in [1.54, 1.807) is 19.2 Å². The molecule has 0 saturated carbocycles. The third kappa shape index (κ3) is 6.19. The van der Waals surface area contributed by atoms with E-state index in [-0.39, 0.29) is 36.2 Å². The quantitative estimate of drug-likeness (QED) is 0.388. The van der Waals surface area contributed by atoms with Crippen LogP contribution in [0, 0.1) is 18.6 Å². The highest BCUT2D eigenvalue weighted by atomic mass is 19.4. The van der Waals surface area contributed by atoms with Crippen molar-refractivity contribution < 1.29 is 45.8 Å². The van der Waals surface area contributed by atoms with Crippen molar-refractivity contribution in [2.45, 2.75) is 44.3 Å². The molecule has 2 aromatic carbocycles. The number of ether oxygens (including phenoxy) is 3. The van der Waals surface area contributed by atoms with Crippen LogP contribution in [0.5, 0.6) is 11.5 Å². The maximum absolute atomic E-state index is 15.3. The molecule has 3 aromatic rings. The molecule has 1 aromatic heterocycles. The first-order chi connectivity index (χ1) is 20.4. The van der Waals surface area contributed by atoms with Crippen LogP contribution in [0.2, 0.25) is 0 Å². The summed E-state index contributed by atoms with van der Waals surface area (Å²) in [6.07, 6.45) is -2.79. The summed E-state index contributed by atoms with van der Waals surface area (Å²) in [6, 6.07) is 5.85. The molecule has 3 heterocycles. The second-order valence-electron chi connectivity index (χ2n) is 10.2. The van der Waals surface area contributed by atoms with Crippen LogP contribution in [-0.4, -0.2) is 55.2 Å². The number of nitrogens with one attached hydrogen (secondary N) is 1. The van der Waals surface area contributed by atoms with Crippen molar-refractivity contribution in [1.82, 2.24) is 9.88 Å². The topological polar surface area (TPSA) is 99.1 Å². The number of halogens is 5. The van der Waals surface area contributed by atoms with E-state index < -0.39 is 58.6 Å². The monoisotopic (exact) mass is 607 g/mol. The zero-order chi connectivity index (χ0) is 31.1. The summed E-state index contributed by atoms with van der Waals surface area (Å²) in [4.78, 5) is 41.6. The lowest BCUT2D eigenvalue weighted by Crippen LogP contribution is -2.45. The van der Waals surface area contributed by atoms with E-state index in [0.717, 1.165) is 47.7 Å². The minimum Gasteiger partial charge on any atom is -0.497 e. The summed E-state index contributed by atoms with van der Waals surface area (Å²) >= 11 is 0. The lowest BCUT2D eigenvalue weighted by atomic mass is 9.92. The average molecular weight is 608 g/mol. The van der Waals surface area contributed by atoms with Gasteiger partial charge in [-0.2, -0.15) is 0 Å². The number of hydrogen-bond donors (Lipinski definition) is 1. The lowest BCUT2D eigenvalue weighted by molar-refractivity contribution is -0.274. The Morgan fingerprint density at radius 3 is 2.28 bits per heavy atom. The number of aryl methyl sites for hydroxylation is 1. The molecule has 228 valence electrons. The molecule has 2 aliphatic heterocycles. The molecule has 0 bridgehead atoms. The molecule has 2 amide bonds. The van der Waals surface area contributed by atoms with Crippen LogP contribution >= 0.6 is 0 Å². The van der Waals surface area contributed by atoms with Crippen molar-refractivity contribution in [3.63, 3.8) is 0 Å². The van der Waals surface area contributed by atoms with Crippen molar-refractivity contribution in [1.29, 1.82) is 0 Å². The summed E-state index contributed by atoms with van der Waals surface area (Å²) in [5.41, 5.74) is -0.769. The number of pyridine rings is 1. The molecule has 1 N–H and O–H groups in total. The Morgan fingerprint density at radius 1 is 1.07 bits per heavy atom. The minimum absolute atomic E-state index is 0.0171. The number of aromatic nitrogens is 1. The summed E-state index contributed by atoms with van der Waals surface area (Å²) in [5, 5.41) is 2.46. The predicted molar refractivity (Wildman–Crippen MR) is 142 cm³/mol. The van der Waals surface area contributed by atoms with Gasteiger partial charge in [0.25, 0.3) is 11.5 Å². The third-order valence-corrected chi connectivity index (χ3v) is 7.41. The maximum Gasteiger partial charge on any atom is 0.573 e. The maximum atomic E-state index is 15.3. The Morgan fingerprint density at radius 2 is 1.72 bits per heavy atom. The van der Waals surface area contributed by atoms with Gasteiger partial charge in [0.2, 0.25) is 5.91 Å². The fraction of sp³-hybridized carbons (Fsp3) is 0.345. The first kappa shape index (κ1) is 30.0. The molecule has 0 spiro atoms. The van der Waals surface area contributed by atoms with Gasteiger partial charge in [-0.15, -0.1) is 13.2 Å². The average Bonchev–Trinajstić information content (AvgIpc) is 3.21. The minimum atomic E-state index is -4.94. The number of hydrogen-bond acceptors (Lipinski definition) is 6. The number of amides is 2. The Balaban J connectivity index is 1.50. The standard InChI is InChI=1S/C29H26F5N3O6/c1-15-7-9-36(13-18-8-10-42-18)28(40)25(15)37-14-20(23-21(30)11-19(41-2)12-22(23)31)24(27(37)39)35-26(38)16-3-5-17(6-4-16)43-29(32,33)34/h3-7,9,11-12,18,20,24H,8,10,13-14H2,1-2H3,(H,35,38)/t18?,20-,24-/m0/s1. The van der Waals surface area contributed by atoms with E-state index >= 15 is 8.78 Å². The van der Waals surface area contributed by atoms with Gasteiger partial charge in [0, 0.05) is 48.5 Å². The molecule has 14 heteroatoms. The first-order valence-corrected chi connectivity index (χ1v) is 13.2. The predicted octanol–water partition coefficient (Wildman–Crippen LogP) is 4.06. The van der Waals surface area contributed by atoms with E-state index in [2.05, 4.69) is 10.1 Å². The molecular formula is C29H26F5N3O6. The van der Waals surface area contributed by atoms with E-state index in [4.69, 9.17) is 9.47 Å². The molecule has 0 radical (unpaired) electrons. The molecule has 5 rings (SSSR count). The van der Waals surface area contributed by atoms with E-state index in [9.17, 15) is 27.6 Å². The van der Waals surface area contributed by atoms with Gasteiger partial charge in [-0.3, -0.25) is 14.4 Å². The second kappa shape index (κ2) is 11.7. The van der Waals surface area contributed by atoms with Crippen LogP contribution in [0.25, 0.3) is 0 Å². The smallest absolute Gasteiger partial charge is 0.497 e. The molecule has 2 fully saturated rings. The van der Waals surface area contributed by atoms with Crippen molar-refractivity contribution in [3.8, 4) is 11.5 Å². The van der Waals surface area contributed by atoms with Gasteiger partial charge in [-0.25, -0.2) is 8.78 Å². The van der Waals surface area contributed by atoms with Crippen LogP contribution in [0.4, 0.5) is 27.6 Å². The molecule has 0 aliphatic carbocycles. The number of carbonyl (C=O) groups excluding carboxylic acids is 2. The first-order valence-electron chi connectivity index (χ1n) is 13.2. The van der Waals surface area contributed by atoms with E-state index in [1.165, 1.54) is 11.7 Å². The van der Waals surface area contributed by atoms with Crippen LogP contribution in [0.15, 0.2) is 53.5 Å². The Bertz CT molecular complexity index is 1580. The number of benzene rings is 2. The highest BCUT2D eigenvalue weighted by Crippen LogP contribution is 2.37. The summed E-state index contributed by atoms with van der Waals surface area (Å²) in [5.74, 6) is -5.75. The zero-order valence-corrected chi connectivity index (χ0v) is 22.9. The van der Waals surface area contributed by atoms with Gasteiger partial charge in [0.1, 0.15) is 34.9 Å². The summed E-state index contributed by atoms with van der Waals surface area (Å²) < 4.78 is 83.7. The van der Waals surface area contributed by atoms with Crippen molar-refractivity contribution in [2.24, 2.45) is 0 Å². The normalized spacial score (nSPS) is 20.1. The van der Waals surface area contributed by atoms with Gasteiger partial charge < -0.3 is 29.0 Å². The van der Waals surface area contributed by atoms with Gasteiger partial charge in [0.05, 0.1) is 19.8 Å². The summed E-state index contributed by atoms with van der Waals surface area (Å²) in [7, 11) is 1.22. The van der Waals surface area contributed by atoms with Crippen LogP contribution in [0.3, 0.4) is 0 Å². The van der Waals surface area contributed by atoms with Crippen LogP contribution in [0.1, 0.15) is 33.8 Å². The molecule has 2 saturated heterocycles. The van der Waals surface area contributed by atoms with Gasteiger partial charge in [0.15, 0.2) is 0 Å². The number of methoxy groups -OCH3 is 1. The second-order valence-corrected chi connectivity index (χ2v) is 10.2. The van der Waals surface area contributed by atoms with Crippen LogP contribution in [-0.2, 0) is 16.1 Å². The number of rotatable bonds is 8. The fourth-order valence-corrected chi connectivity index (χ4v) is 5.19. The Labute approximate surface area is 241 Å². The molecule has 3 atom stereocenters. The number of carbonyl (C=O) groups is 2. The Kier molecular flexibility index (Phi) is 8.14.